The van der Waals surface area contributed by atoms with Crippen LogP contribution in [0.15, 0.2) is 12.1 Å². The van der Waals surface area contributed by atoms with Gasteiger partial charge in [0.15, 0.2) is 11.6 Å². The number of piperazine rings is 1. The van der Waals surface area contributed by atoms with E-state index >= 15 is 0 Å². The summed E-state index contributed by atoms with van der Waals surface area (Å²) < 4.78 is 27.6. The van der Waals surface area contributed by atoms with Crippen LogP contribution < -0.4 is 10.2 Å². The van der Waals surface area contributed by atoms with Crippen LogP contribution in [0.1, 0.15) is 24.2 Å². The number of rotatable bonds is 2. The van der Waals surface area contributed by atoms with E-state index in [9.17, 15) is 13.6 Å². The summed E-state index contributed by atoms with van der Waals surface area (Å²) in [6.07, 6.45) is 0. The van der Waals surface area contributed by atoms with Gasteiger partial charge in [-0.25, -0.2) is 13.6 Å². The van der Waals surface area contributed by atoms with E-state index in [2.05, 4.69) is 5.32 Å². The monoisotopic (exact) mass is 270 g/mol. The minimum absolute atomic E-state index is 0.114. The molecule has 0 aliphatic carbocycles. The van der Waals surface area contributed by atoms with Gasteiger partial charge in [-0.05, 0) is 26.0 Å². The van der Waals surface area contributed by atoms with Crippen LogP contribution in [-0.4, -0.2) is 36.2 Å². The van der Waals surface area contributed by atoms with E-state index in [4.69, 9.17) is 5.11 Å². The Labute approximate surface area is 110 Å². The number of aromatic carboxylic acids is 1. The predicted molar refractivity (Wildman–Crippen MR) is 67.6 cm³/mol. The molecular formula is C13H16F2N2O2. The van der Waals surface area contributed by atoms with Gasteiger partial charge in [0, 0.05) is 25.2 Å². The Bertz CT molecular complexity index is 498. The van der Waals surface area contributed by atoms with Crippen LogP contribution >= 0.6 is 0 Å². The third kappa shape index (κ3) is 2.68. The number of anilines is 1. The van der Waals surface area contributed by atoms with Gasteiger partial charge in [0.05, 0.1) is 11.3 Å². The molecule has 4 nitrogen and oxygen atoms in total. The smallest absolute Gasteiger partial charge is 0.338 e. The molecule has 0 saturated carbocycles. The average molecular weight is 270 g/mol. The first-order valence-electron chi connectivity index (χ1n) is 6.12. The van der Waals surface area contributed by atoms with Gasteiger partial charge in [0.1, 0.15) is 0 Å². The minimum atomic E-state index is -1.47. The Hall–Kier alpha value is -1.69. The zero-order valence-electron chi connectivity index (χ0n) is 10.8. The summed E-state index contributed by atoms with van der Waals surface area (Å²) in [5.41, 5.74) is -0.528. The molecule has 1 fully saturated rings. The molecule has 2 rings (SSSR count). The van der Waals surface area contributed by atoms with E-state index in [1.54, 1.807) is 4.90 Å². The molecule has 1 heterocycles. The normalized spacial score (nSPS) is 23.5. The lowest BCUT2D eigenvalue weighted by molar-refractivity contribution is 0.0690. The third-order valence-corrected chi connectivity index (χ3v) is 3.19. The Morgan fingerprint density at radius 1 is 1.26 bits per heavy atom. The molecule has 19 heavy (non-hydrogen) atoms. The molecule has 1 aromatic carbocycles. The third-order valence-electron chi connectivity index (χ3n) is 3.19. The maximum atomic E-state index is 14.0. The van der Waals surface area contributed by atoms with E-state index in [1.807, 2.05) is 13.8 Å². The molecule has 0 amide bonds. The molecule has 6 heteroatoms. The van der Waals surface area contributed by atoms with E-state index in [0.717, 1.165) is 6.07 Å². The van der Waals surface area contributed by atoms with Crippen molar-refractivity contribution in [3.63, 3.8) is 0 Å². The fourth-order valence-electron chi connectivity index (χ4n) is 2.47. The summed E-state index contributed by atoms with van der Waals surface area (Å²) in [6, 6.07) is 2.75. The highest BCUT2D eigenvalue weighted by atomic mass is 19.2. The fraction of sp³-hybridized carbons (Fsp3) is 0.462. The molecule has 1 aliphatic rings. The standard InChI is InChI=1S/C13H16F2N2O2/c1-7-5-17(6-8(2)16-7)10-4-3-9(13(18)19)11(14)12(10)15/h3-4,7-8,16H,5-6H2,1-2H3,(H,18,19). The largest absolute Gasteiger partial charge is 0.478 e. The van der Waals surface area contributed by atoms with Crippen molar-refractivity contribution in [2.24, 2.45) is 0 Å². The first-order chi connectivity index (χ1) is 8.90. The summed E-state index contributed by atoms with van der Waals surface area (Å²) in [5.74, 6) is -3.87. The molecule has 0 spiro atoms. The predicted octanol–water partition coefficient (Wildman–Crippen LogP) is 1.85. The number of halogens is 2. The Kier molecular flexibility index (Phi) is 3.71. The van der Waals surface area contributed by atoms with Gasteiger partial charge < -0.3 is 15.3 Å². The summed E-state index contributed by atoms with van der Waals surface area (Å²) in [4.78, 5) is 12.5. The highest BCUT2D eigenvalue weighted by Gasteiger charge is 2.26. The summed E-state index contributed by atoms with van der Waals surface area (Å²) >= 11 is 0. The number of nitrogens with zero attached hydrogens (tertiary/aromatic N) is 1. The number of carbonyl (C=O) groups is 1. The number of benzene rings is 1. The van der Waals surface area contributed by atoms with Crippen LogP contribution in [0.4, 0.5) is 14.5 Å². The summed E-state index contributed by atoms with van der Waals surface area (Å²) in [5, 5.41) is 12.0. The van der Waals surface area contributed by atoms with Gasteiger partial charge >= 0.3 is 5.97 Å². The van der Waals surface area contributed by atoms with Crippen LogP contribution in [0.25, 0.3) is 0 Å². The maximum Gasteiger partial charge on any atom is 0.338 e. The molecule has 0 bridgehead atoms. The zero-order chi connectivity index (χ0) is 14.2. The molecule has 1 saturated heterocycles. The fourth-order valence-corrected chi connectivity index (χ4v) is 2.47. The van der Waals surface area contributed by atoms with Crippen molar-refractivity contribution in [1.82, 2.24) is 5.32 Å². The topological polar surface area (TPSA) is 52.6 Å². The lowest BCUT2D eigenvalue weighted by atomic mass is 10.1. The lowest BCUT2D eigenvalue weighted by Gasteiger charge is -2.37. The molecular weight excluding hydrogens is 254 g/mol. The Morgan fingerprint density at radius 2 is 1.84 bits per heavy atom. The lowest BCUT2D eigenvalue weighted by Crippen LogP contribution is -2.54. The van der Waals surface area contributed by atoms with Crippen molar-refractivity contribution >= 4 is 11.7 Å². The van der Waals surface area contributed by atoms with Crippen molar-refractivity contribution in [3.8, 4) is 0 Å². The average Bonchev–Trinajstić information content (AvgIpc) is 2.30. The Morgan fingerprint density at radius 3 is 2.37 bits per heavy atom. The second-order valence-corrected chi connectivity index (χ2v) is 4.94. The summed E-state index contributed by atoms with van der Waals surface area (Å²) in [7, 11) is 0. The van der Waals surface area contributed by atoms with Crippen molar-refractivity contribution < 1.29 is 18.7 Å². The van der Waals surface area contributed by atoms with E-state index in [0.29, 0.717) is 13.1 Å². The first kappa shape index (κ1) is 13.7. The van der Waals surface area contributed by atoms with Gasteiger partial charge in [-0.15, -0.1) is 0 Å². The number of carboxylic acid groups (broad SMARTS) is 1. The quantitative estimate of drug-likeness (QED) is 0.861. The molecule has 0 aromatic heterocycles. The number of carboxylic acids is 1. The highest BCUT2D eigenvalue weighted by Crippen LogP contribution is 2.26. The van der Waals surface area contributed by atoms with Gasteiger partial charge in [-0.2, -0.15) is 0 Å². The van der Waals surface area contributed by atoms with Gasteiger partial charge in [-0.3, -0.25) is 0 Å². The summed E-state index contributed by atoms with van der Waals surface area (Å²) in [6.45, 7) is 5.02. The first-order valence-corrected chi connectivity index (χ1v) is 6.12. The minimum Gasteiger partial charge on any atom is -0.478 e. The molecule has 0 radical (unpaired) electrons. The van der Waals surface area contributed by atoms with Crippen LogP contribution in [0.3, 0.4) is 0 Å². The van der Waals surface area contributed by atoms with E-state index < -0.39 is 23.2 Å². The zero-order valence-corrected chi connectivity index (χ0v) is 10.8. The number of hydrogen-bond donors (Lipinski definition) is 2. The van der Waals surface area contributed by atoms with Gasteiger partial charge in [-0.1, -0.05) is 0 Å². The second kappa shape index (κ2) is 5.13. The van der Waals surface area contributed by atoms with E-state index in [1.165, 1.54) is 6.07 Å². The van der Waals surface area contributed by atoms with Crippen LogP contribution in [0.2, 0.25) is 0 Å². The molecule has 1 aliphatic heterocycles. The van der Waals surface area contributed by atoms with Crippen LogP contribution in [-0.2, 0) is 0 Å². The highest BCUT2D eigenvalue weighted by molar-refractivity contribution is 5.88. The van der Waals surface area contributed by atoms with Gasteiger partial charge in [0.25, 0.3) is 0 Å². The Balaban J connectivity index is 2.35. The van der Waals surface area contributed by atoms with E-state index in [-0.39, 0.29) is 17.8 Å². The molecule has 1 aromatic rings. The maximum absolute atomic E-state index is 14.0. The molecule has 104 valence electrons. The molecule has 2 N–H and O–H groups in total. The number of hydrogen-bond acceptors (Lipinski definition) is 3. The van der Waals surface area contributed by atoms with Crippen molar-refractivity contribution in [2.45, 2.75) is 25.9 Å². The van der Waals surface area contributed by atoms with Crippen molar-refractivity contribution in [3.05, 3.63) is 29.3 Å². The molecule has 2 unspecified atom stereocenters. The van der Waals surface area contributed by atoms with Crippen LogP contribution in [0, 0.1) is 11.6 Å². The van der Waals surface area contributed by atoms with Crippen LogP contribution in [0.5, 0.6) is 0 Å². The van der Waals surface area contributed by atoms with Gasteiger partial charge in [0.2, 0.25) is 0 Å². The second-order valence-electron chi connectivity index (χ2n) is 4.94. The van der Waals surface area contributed by atoms with Crippen molar-refractivity contribution in [2.75, 3.05) is 18.0 Å². The number of nitrogens with one attached hydrogen (secondary N) is 1. The van der Waals surface area contributed by atoms with Crippen molar-refractivity contribution in [1.29, 1.82) is 0 Å². The SMILES string of the molecule is CC1CN(c2ccc(C(=O)O)c(F)c2F)CC(C)N1. The molecule has 2 atom stereocenters.